The number of nitrogens with zero attached hydrogens (tertiary/aromatic N) is 7. The van der Waals surface area contributed by atoms with Gasteiger partial charge < -0.3 is 24.2 Å². The first-order chi connectivity index (χ1) is 18.8. The standard InChI is InChI=1S/C10H8N2.5C5H9N.Mo/c1-3-7-11-9(5-1)10-6-2-4-8-12-10;5*1-5(2,3)6-4;/h1-8H;5*1-3H3;/q;;;;;;+2. The molecule has 2 heterocycles. The van der Waals surface area contributed by atoms with Crippen molar-refractivity contribution in [1.29, 1.82) is 0 Å². The summed E-state index contributed by atoms with van der Waals surface area (Å²) in [7, 11) is 0. The van der Waals surface area contributed by atoms with Gasteiger partial charge in [0.1, 0.15) is 0 Å². The van der Waals surface area contributed by atoms with Gasteiger partial charge >= 0.3 is 21.1 Å². The van der Waals surface area contributed by atoms with Gasteiger partial charge in [0.2, 0.25) is 27.7 Å². The van der Waals surface area contributed by atoms with Crippen LogP contribution in [-0.2, 0) is 21.1 Å². The summed E-state index contributed by atoms with van der Waals surface area (Å²) in [5.41, 5.74) is 0.996. The summed E-state index contributed by atoms with van der Waals surface area (Å²) in [6.07, 6.45) is 3.54. The van der Waals surface area contributed by atoms with Gasteiger partial charge in [-0.1, -0.05) is 12.1 Å². The van der Waals surface area contributed by atoms with Crippen LogP contribution >= 0.6 is 0 Å². The summed E-state index contributed by atoms with van der Waals surface area (Å²) in [6, 6.07) is 11.6. The van der Waals surface area contributed by atoms with Crippen molar-refractivity contribution in [1.82, 2.24) is 9.97 Å². The molecule has 0 aliphatic carbocycles. The average molecular weight is 668 g/mol. The fourth-order valence-electron chi connectivity index (χ4n) is 1.03. The predicted molar refractivity (Wildman–Crippen MR) is 179 cm³/mol. The van der Waals surface area contributed by atoms with Crippen molar-refractivity contribution in [2.45, 2.75) is 132 Å². The summed E-state index contributed by atoms with van der Waals surface area (Å²) >= 11 is 0. The van der Waals surface area contributed by atoms with Gasteiger partial charge in [-0.25, -0.2) is 32.9 Å². The smallest absolute Gasteiger partial charge is 0.311 e. The second-order valence-corrected chi connectivity index (χ2v) is 13.8. The molecule has 0 aliphatic rings. The minimum absolute atomic E-state index is 0. The molecule has 0 spiro atoms. The molecule has 0 unspecified atom stereocenters. The predicted octanol–water partition coefficient (Wildman–Crippen LogP) is 10.7. The third kappa shape index (κ3) is 51.6. The van der Waals surface area contributed by atoms with Crippen molar-refractivity contribution in [2.75, 3.05) is 0 Å². The van der Waals surface area contributed by atoms with Crippen LogP contribution < -0.4 is 0 Å². The van der Waals surface area contributed by atoms with E-state index in [0.717, 1.165) is 11.4 Å². The van der Waals surface area contributed by atoms with Gasteiger partial charge in [0.25, 0.3) is 0 Å². The molecule has 2 aromatic rings. The zero-order valence-corrected chi connectivity index (χ0v) is 31.2. The Kier molecular flexibility index (Phi) is 27.4. The van der Waals surface area contributed by atoms with E-state index in [1.54, 1.807) is 12.4 Å². The van der Waals surface area contributed by atoms with Gasteiger partial charge in [-0.05, 0) is 24.3 Å². The molecule has 0 saturated carbocycles. The van der Waals surface area contributed by atoms with Gasteiger partial charge in [0, 0.05) is 116 Å². The van der Waals surface area contributed by atoms with Crippen LogP contribution in [0.25, 0.3) is 35.6 Å². The van der Waals surface area contributed by atoms with Crippen LogP contribution in [0.4, 0.5) is 0 Å². The van der Waals surface area contributed by atoms with Crippen molar-refractivity contribution in [2.24, 2.45) is 0 Å². The number of rotatable bonds is 1. The number of hydrogen-bond acceptors (Lipinski definition) is 2. The normalized spacial score (nSPS) is 9.91. The molecule has 8 heteroatoms. The van der Waals surface area contributed by atoms with Crippen LogP contribution in [-0.4, -0.2) is 37.7 Å². The van der Waals surface area contributed by atoms with E-state index in [-0.39, 0.29) is 48.8 Å². The van der Waals surface area contributed by atoms with Crippen molar-refractivity contribution in [3.63, 3.8) is 0 Å². The average Bonchev–Trinajstić information content (AvgIpc) is 2.89. The SMILES string of the molecule is [C-]#[N+]C(C)(C)C.[C-]#[N+]C(C)(C)C.[C-]#[N+]C(C)(C)C.[C-]#[N+]C(C)(C)C.[C-]#[N+]C(C)(C)C.[Mo+2].c1ccc(-c2ccccn2)nc1. The van der Waals surface area contributed by atoms with E-state index in [2.05, 4.69) is 34.2 Å². The van der Waals surface area contributed by atoms with Crippen LogP contribution in [0, 0.1) is 32.9 Å². The molecule has 2 aromatic heterocycles. The molecule has 0 N–H and O–H groups in total. The van der Waals surface area contributed by atoms with Crippen LogP contribution in [0.3, 0.4) is 0 Å². The maximum Gasteiger partial charge on any atom is 2.00 e. The number of pyridine rings is 2. The van der Waals surface area contributed by atoms with Crippen molar-refractivity contribution >= 4 is 0 Å². The zero-order valence-electron chi connectivity index (χ0n) is 29.2. The quantitative estimate of drug-likeness (QED) is 0.224. The van der Waals surface area contributed by atoms with Crippen LogP contribution in [0.15, 0.2) is 48.8 Å². The molecule has 0 aromatic carbocycles. The number of hydrogen-bond donors (Lipinski definition) is 0. The Morgan fingerprint density at radius 2 is 0.558 bits per heavy atom. The molecule has 7 nitrogen and oxygen atoms in total. The van der Waals surface area contributed by atoms with E-state index in [0.29, 0.717) is 0 Å². The molecule has 0 radical (unpaired) electrons. The minimum atomic E-state index is -0.167. The Morgan fingerprint density at radius 1 is 0.395 bits per heavy atom. The molecular formula is C35H53MoN7+2. The van der Waals surface area contributed by atoms with Crippen molar-refractivity contribution in [3.05, 3.63) is 106 Å². The van der Waals surface area contributed by atoms with E-state index in [9.17, 15) is 0 Å². The first-order valence-corrected chi connectivity index (χ1v) is 13.5. The topological polar surface area (TPSA) is 47.6 Å². The van der Waals surface area contributed by atoms with E-state index in [4.69, 9.17) is 32.9 Å². The molecule has 0 saturated heterocycles. The van der Waals surface area contributed by atoms with Crippen molar-refractivity contribution in [3.8, 4) is 11.4 Å². The maximum absolute atomic E-state index is 6.48. The zero-order chi connectivity index (χ0) is 34.3. The first kappa shape index (κ1) is 49.1. The van der Waals surface area contributed by atoms with Crippen LogP contribution in [0.2, 0.25) is 0 Å². The van der Waals surface area contributed by atoms with Gasteiger partial charge in [0.15, 0.2) is 0 Å². The largest absolute Gasteiger partial charge is 2.00 e. The molecule has 2 rings (SSSR count). The third-order valence-corrected chi connectivity index (χ3v) is 3.27. The van der Waals surface area contributed by atoms with Crippen LogP contribution in [0.5, 0.6) is 0 Å². The summed E-state index contributed by atoms with van der Waals surface area (Å²) in [4.78, 5) is 24.7. The maximum atomic E-state index is 6.48. The minimum Gasteiger partial charge on any atom is -0.311 e. The Balaban J connectivity index is -0.000000139. The van der Waals surface area contributed by atoms with Gasteiger partial charge in [-0.15, -0.1) is 0 Å². The summed E-state index contributed by atoms with van der Waals surface area (Å²) < 4.78 is 0. The molecular weight excluding hydrogens is 614 g/mol. The second-order valence-electron chi connectivity index (χ2n) is 13.8. The molecule has 232 valence electrons. The third-order valence-electron chi connectivity index (χ3n) is 3.27. The second kappa shape index (κ2) is 23.9. The molecule has 0 amide bonds. The Hall–Kier alpha value is -3.56. The van der Waals surface area contributed by atoms with Gasteiger partial charge in [-0.2, -0.15) is 0 Å². The monoisotopic (exact) mass is 669 g/mol. The number of aromatic nitrogens is 2. The summed E-state index contributed by atoms with van der Waals surface area (Å²) in [5, 5.41) is 0. The van der Waals surface area contributed by atoms with E-state index < -0.39 is 0 Å². The fraction of sp³-hybridized carbons (Fsp3) is 0.571. The van der Waals surface area contributed by atoms with Gasteiger partial charge in [-0.3, -0.25) is 9.97 Å². The van der Waals surface area contributed by atoms with E-state index >= 15 is 0 Å². The van der Waals surface area contributed by atoms with Crippen molar-refractivity contribution < 1.29 is 21.1 Å². The van der Waals surface area contributed by atoms with E-state index in [1.807, 2.05) is 140 Å². The molecule has 0 aliphatic heterocycles. The fourth-order valence-corrected chi connectivity index (χ4v) is 1.03. The Labute approximate surface area is 278 Å². The Morgan fingerprint density at radius 3 is 0.651 bits per heavy atom. The summed E-state index contributed by atoms with van der Waals surface area (Å²) in [6.45, 7) is 60.7. The molecule has 43 heavy (non-hydrogen) atoms. The van der Waals surface area contributed by atoms with Crippen LogP contribution in [0.1, 0.15) is 104 Å². The summed E-state index contributed by atoms with van der Waals surface area (Å²) in [5.74, 6) is 0. The molecule has 0 fully saturated rings. The van der Waals surface area contributed by atoms with E-state index in [1.165, 1.54) is 0 Å². The first-order valence-electron chi connectivity index (χ1n) is 13.5. The molecule has 0 bridgehead atoms. The Bertz CT molecular complexity index is 993. The van der Waals surface area contributed by atoms with Gasteiger partial charge in [0.05, 0.1) is 11.4 Å². The molecule has 0 atom stereocenters.